The number of hydrogen-bond donors (Lipinski definition) is 2. The molecule has 0 bridgehead atoms. The van der Waals surface area contributed by atoms with Gasteiger partial charge in [0.2, 0.25) is 0 Å². The van der Waals surface area contributed by atoms with Gasteiger partial charge >= 0.3 is 0 Å². The Kier molecular flexibility index (Phi) is 3.99. The number of hydrogen-bond acceptors (Lipinski definition) is 6. The zero-order valence-corrected chi connectivity index (χ0v) is 14.0. The Morgan fingerprint density at radius 2 is 1.91 bits per heavy atom. The fraction of sp³-hybridized carbons (Fsp3) is 0.467. The minimum absolute atomic E-state index is 0.252. The molecule has 0 amide bonds. The van der Waals surface area contributed by atoms with Crippen molar-refractivity contribution in [3.05, 3.63) is 41.2 Å². The molecule has 0 radical (unpaired) electrons. The Labute approximate surface area is 135 Å². The molecule has 1 aliphatic heterocycles. The summed E-state index contributed by atoms with van der Waals surface area (Å²) in [4.78, 5) is 2.37. The van der Waals surface area contributed by atoms with E-state index in [1.165, 1.54) is 18.4 Å². The van der Waals surface area contributed by atoms with Gasteiger partial charge < -0.3 is 5.11 Å². The summed E-state index contributed by atoms with van der Waals surface area (Å²) in [7, 11) is -3.23. The van der Waals surface area contributed by atoms with E-state index in [1.807, 2.05) is 0 Å². The number of sulfone groups is 1. The average Bonchev–Trinajstić information content (AvgIpc) is 2.93. The van der Waals surface area contributed by atoms with E-state index in [0.717, 1.165) is 24.4 Å². The molecule has 2 aromatic rings. The van der Waals surface area contributed by atoms with Crippen molar-refractivity contribution in [2.75, 3.05) is 19.3 Å². The molecule has 0 fully saturated rings. The third-order valence-electron chi connectivity index (χ3n) is 4.18. The Hall–Kier alpha value is -1.77. The van der Waals surface area contributed by atoms with E-state index in [0.29, 0.717) is 18.7 Å². The third kappa shape index (κ3) is 3.44. The van der Waals surface area contributed by atoms with Crippen molar-refractivity contribution in [3.8, 4) is 0 Å². The van der Waals surface area contributed by atoms with Gasteiger partial charge in [-0.3, -0.25) is 4.90 Å². The van der Waals surface area contributed by atoms with Gasteiger partial charge in [-0.1, -0.05) is 12.1 Å². The smallest absolute Gasteiger partial charge is 0.175 e. The second-order valence-electron chi connectivity index (χ2n) is 6.25. The van der Waals surface area contributed by atoms with Crippen LogP contribution in [0.25, 0.3) is 0 Å². The Bertz CT molecular complexity index is 796. The van der Waals surface area contributed by atoms with Crippen LogP contribution in [0.3, 0.4) is 0 Å². The summed E-state index contributed by atoms with van der Waals surface area (Å²) in [6, 6.07) is 6.40. The number of benzene rings is 1. The zero-order valence-electron chi connectivity index (χ0n) is 13.2. The van der Waals surface area contributed by atoms with E-state index >= 15 is 0 Å². The number of rotatable bonds is 4. The highest BCUT2D eigenvalue weighted by Crippen LogP contribution is 2.25. The van der Waals surface area contributed by atoms with Crippen molar-refractivity contribution in [2.45, 2.75) is 30.4 Å². The monoisotopic (exact) mass is 336 g/mol. The predicted octanol–water partition coefficient (Wildman–Crippen LogP) is 0.474. The van der Waals surface area contributed by atoms with E-state index in [4.69, 9.17) is 0 Å². The highest BCUT2D eigenvalue weighted by Gasteiger charge is 2.29. The van der Waals surface area contributed by atoms with E-state index in [-0.39, 0.29) is 4.90 Å². The molecule has 0 spiro atoms. The van der Waals surface area contributed by atoms with Crippen molar-refractivity contribution in [1.82, 2.24) is 20.3 Å². The van der Waals surface area contributed by atoms with Crippen LogP contribution in [0.2, 0.25) is 0 Å². The largest absolute Gasteiger partial charge is 0.384 e. The first-order chi connectivity index (χ1) is 10.8. The summed E-state index contributed by atoms with van der Waals surface area (Å²) in [5.41, 5.74) is 1.52. The SMILES string of the molecule is CC(O)(CN1CCc2n[nH]nc2C1)c1ccc(S(C)(=O)=O)cc1. The minimum Gasteiger partial charge on any atom is -0.384 e. The van der Waals surface area contributed by atoms with Crippen molar-refractivity contribution >= 4 is 9.84 Å². The molecule has 7 nitrogen and oxygen atoms in total. The molecule has 8 heteroatoms. The molecule has 23 heavy (non-hydrogen) atoms. The van der Waals surface area contributed by atoms with Gasteiger partial charge in [0.15, 0.2) is 9.84 Å². The standard InChI is InChI=1S/C15H20N4O3S/c1-15(20,11-3-5-12(6-4-11)23(2,21)22)10-19-8-7-13-14(9-19)17-18-16-13/h3-6,20H,7-10H2,1-2H3,(H,16,17,18). The van der Waals surface area contributed by atoms with Gasteiger partial charge in [-0.05, 0) is 24.6 Å². The number of fused-ring (bicyclic) bond motifs is 1. The van der Waals surface area contributed by atoms with Gasteiger partial charge in [-0.2, -0.15) is 15.4 Å². The van der Waals surface area contributed by atoms with Crippen LogP contribution < -0.4 is 0 Å². The van der Waals surface area contributed by atoms with Crippen LogP contribution >= 0.6 is 0 Å². The molecule has 1 aromatic carbocycles. The zero-order chi connectivity index (χ0) is 16.7. The second-order valence-corrected chi connectivity index (χ2v) is 8.26. The molecule has 1 aromatic heterocycles. The molecule has 3 rings (SSSR count). The van der Waals surface area contributed by atoms with E-state index in [2.05, 4.69) is 20.3 Å². The summed E-state index contributed by atoms with van der Waals surface area (Å²) in [5, 5.41) is 21.6. The van der Waals surface area contributed by atoms with Crippen LogP contribution in [0.5, 0.6) is 0 Å². The second kappa shape index (κ2) is 5.70. The summed E-state index contributed by atoms with van der Waals surface area (Å²) in [6.07, 6.45) is 1.97. The van der Waals surface area contributed by atoms with E-state index in [1.54, 1.807) is 19.1 Å². The number of β-amino-alcohol motifs (C(OH)–C–C–N with tert-alkyl or cyclic N) is 1. The fourth-order valence-corrected chi connectivity index (χ4v) is 3.51. The van der Waals surface area contributed by atoms with Gasteiger partial charge in [0.25, 0.3) is 0 Å². The van der Waals surface area contributed by atoms with Gasteiger partial charge in [0, 0.05) is 32.3 Å². The molecule has 2 heterocycles. The van der Waals surface area contributed by atoms with Crippen LogP contribution in [-0.2, 0) is 28.4 Å². The molecule has 0 saturated heterocycles. The molecule has 0 aliphatic carbocycles. The van der Waals surface area contributed by atoms with E-state index < -0.39 is 15.4 Å². The minimum atomic E-state index is -3.23. The fourth-order valence-electron chi connectivity index (χ4n) is 2.88. The number of nitrogens with zero attached hydrogens (tertiary/aromatic N) is 3. The molecule has 0 saturated carbocycles. The van der Waals surface area contributed by atoms with Crippen LogP contribution in [-0.4, -0.2) is 53.2 Å². The molecular weight excluding hydrogens is 316 g/mol. The lowest BCUT2D eigenvalue weighted by molar-refractivity contribution is 0.0112. The lowest BCUT2D eigenvalue weighted by atomic mass is 9.94. The number of aromatic amines is 1. The topological polar surface area (TPSA) is 99.2 Å². The lowest BCUT2D eigenvalue weighted by Crippen LogP contribution is -2.41. The quantitative estimate of drug-likeness (QED) is 0.842. The van der Waals surface area contributed by atoms with Crippen LogP contribution in [0.15, 0.2) is 29.2 Å². The van der Waals surface area contributed by atoms with Crippen LogP contribution in [0.4, 0.5) is 0 Å². The molecule has 124 valence electrons. The third-order valence-corrected chi connectivity index (χ3v) is 5.31. The van der Waals surface area contributed by atoms with Crippen molar-refractivity contribution in [2.24, 2.45) is 0 Å². The van der Waals surface area contributed by atoms with Gasteiger partial charge in [0.1, 0.15) is 0 Å². The van der Waals surface area contributed by atoms with Crippen LogP contribution in [0.1, 0.15) is 23.9 Å². The van der Waals surface area contributed by atoms with Crippen molar-refractivity contribution in [1.29, 1.82) is 0 Å². The van der Waals surface area contributed by atoms with Gasteiger partial charge in [-0.15, -0.1) is 0 Å². The first kappa shape index (κ1) is 16.1. The highest BCUT2D eigenvalue weighted by molar-refractivity contribution is 7.90. The Morgan fingerprint density at radius 1 is 1.26 bits per heavy atom. The summed E-state index contributed by atoms with van der Waals surface area (Å²) < 4.78 is 23.0. The van der Waals surface area contributed by atoms with Gasteiger partial charge in [0.05, 0.1) is 21.9 Å². The molecular formula is C15H20N4O3S. The number of aromatic nitrogens is 3. The average molecular weight is 336 g/mol. The summed E-state index contributed by atoms with van der Waals surface area (Å²) in [5.74, 6) is 0. The highest BCUT2D eigenvalue weighted by atomic mass is 32.2. The maximum Gasteiger partial charge on any atom is 0.175 e. The predicted molar refractivity (Wildman–Crippen MR) is 84.5 cm³/mol. The maximum absolute atomic E-state index is 11.5. The molecule has 1 aliphatic rings. The normalized spacial score (nSPS) is 18.4. The summed E-state index contributed by atoms with van der Waals surface area (Å²) in [6.45, 7) is 3.62. The summed E-state index contributed by atoms with van der Waals surface area (Å²) >= 11 is 0. The van der Waals surface area contributed by atoms with Gasteiger partial charge in [-0.25, -0.2) is 8.42 Å². The first-order valence-electron chi connectivity index (χ1n) is 7.39. The number of H-pyrrole nitrogens is 1. The molecule has 2 N–H and O–H groups in total. The van der Waals surface area contributed by atoms with E-state index in [9.17, 15) is 13.5 Å². The molecule has 1 unspecified atom stereocenters. The Balaban J connectivity index is 1.74. The van der Waals surface area contributed by atoms with Crippen LogP contribution in [0, 0.1) is 0 Å². The Morgan fingerprint density at radius 3 is 2.57 bits per heavy atom. The first-order valence-corrected chi connectivity index (χ1v) is 9.29. The number of aliphatic hydroxyl groups is 1. The lowest BCUT2D eigenvalue weighted by Gasteiger charge is -2.33. The number of nitrogens with one attached hydrogen (secondary N) is 1. The van der Waals surface area contributed by atoms with Crippen molar-refractivity contribution in [3.63, 3.8) is 0 Å². The maximum atomic E-state index is 11.5. The van der Waals surface area contributed by atoms with Crippen molar-refractivity contribution < 1.29 is 13.5 Å². The molecule has 1 atom stereocenters.